The second-order valence-electron chi connectivity index (χ2n) is 7.34. The van der Waals surface area contributed by atoms with Crippen molar-refractivity contribution in [2.45, 2.75) is 36.6 Å². The first-order valence-corrected chi connectivity index (χ1v) is 11.4. The summed E-state index contributed by atoms with van der Waals surface area (Å²) in [5.74, 6) is -4.54. The van der Waals surface area contributed by atoms with Gasteiger partial charge in [0.15, 0.2) is 0 Å². The van der Waals surface area contributed by atoms with Crippen LogP contribution in [0.5, 0.6) is 0 Å². The third-order valence-corrected chi connectivity index (χ3v) is 7.11. The van der Waals surface area contributed by atoms with E-state index >= 15 is 0 Å². The predicted molar refractivity (Wildman–Crippen MR) is 111 cm³/mol. The summed E-state index contributed by atoms with van der Waals surface area (Å²) in [6.45, 7) is 0.306. The minimum atomic E-state index is -3.84. The first-order chi connectivity index (χ1) is 15.2. The maximum Gasteiger partial charge on any atom is 0.313 e. The molecular formula is C21H22F3N3O4S. The van der Waals surface area contributed by atoms with E-state index in [2.05, 4.69) is 10.6 Å². The Balaban J connectivity index is 1.58. The number of nitrogens with zero attached hydrogens (tertiary/aromatic N) is 1. The third kappa shape index (κ3) is 5.65. The predicted octanol–water partition coefficient (Wildman–Crippen LogP) is 2.79. The lowest BCUT2D eigenvalue weighted by Crippen LogP contribution is -2.45. The summed E-state index contributed by atoms with van der Waals surface area (Å²) in [5.41, 5.74) is -0.338. The Morgan fingerprint density at radius 3 is 2.34 bits per heavy atom. The number of benzene rings is 2. The van der Waals surface area contributed by atoms with Crippen molar-refractivity contribution in [1.29, 1.82) is 0 Å². The number of rotatable bonds is 6. The molecule has 2 aromatic rings. The van der Waals surface area contributed by atoms with Gasteiger partial charge in [-0.3, -0.25) is 9.59 Å². The summed E-state index contributed by atoms with van der Waals surface area (Å²) < 4.78 is 67.0. The van der Waals surface area contributed by atoms with Gasteiger partial charge in [0, 0.05) is 25.2 Å². The van der Waals surface area contributed by atoms with Crippen molar-refractivity contribution in [3.8, 4) is 0 Å². The first-order valence-electron chi connectivity index (χ1n) is 10.00. The summed E-state index contributed by atoms with van der Waals surface area (Å²) in [6.07, 6.45) is 2.31. The van der Waals surface area contributed by atoms with Gasteiger partial charge in [-0.05, 0) is 55.7 Å². The van der Waals surface area contributed by atoms with Gasteiger partial charge in [-0.15, -0.1) is 0 Å². The molecule has 2 amide bonds. The van der Waals surface area contributed by atoms with E-state index in [0.717, 1.165) is 30.7 Å². The van der Waals surface area contributed by atoms with Crippen LogP contribution in [-0.2, 0) is 19.6 Å². The van der Waals surface area contributed by atoms with E-state index in [-0.39, 0.29) is 23.5 Å². The first kappa shape index (κ1) is 23.7. The Morgan fingerprint density at radius 2 is 1.66 bits per heavy atom. The van der Waals surface area contributed by atoms with E-state index in [1.807, 2.05) is 0 Å². The van der Waals surface area contributed by atoms with Crippen molar-refractivity contribution in [2.24, 2.45) is 0 Å². The van der Waals surface area contributed by atoms with Crippen molar-refractivity contribution < 1.29 is 31.2 Å². The van der Waals surface area contributed by atoms with Crippen LogP contribution in [0.3, 0.4) is 0 Å². The van der Waals surface area contributed by atoms with Crippen LogP contribution < -0.4 is 10.6 Å². The van der Waals surface area contributed by atoms with Crippen molar-refractivity contribution in [2.75, 3.05) is 18.4 Å². The van der Waals surface area contributed by atoms with Crippen molar-refractivity contribution in [3.63, 3.8) is 0 Å². The molecule has 0 radical (unpaired) electrons. The van der Waals surface area contributed by atoms with E-state index in [1.54, 1.807) is 0 Å². The van der Waals surface area contributed by atoms with Gasteiger partial charge in [0.25, 0.3) is 0 Å². The van der Waals surface area contributed by atoms with Crippen molar-refractivity contribution >= 4 is 27.5 Å². The SMILES string of the molecule is O=C(NCC[C@@H]1CCCCN1S(=O)(=O)c1ccc(F)cc1)C(=O)Nc1ccc(F)cc1F. The van der Waals surface area contributed by atoms with Gasteiger partial charge >= 0.3 is 11.8 Å². The van der Waals surface area contributed by atoms with Gasteiger partial charge in [0.05, 0.1) is 10.6 Å². The van der Waals surface area contributed by atoms with Crippen LogP contribution in [0.4, 0.5) is 18.9 Å². The zero-order chi connectivity index (χ0) is 23.3. The molecule has 3 rings (SSSR count). The number of hydrogen-bond acceptors (Lipinski definition) is 4. The fourth-order valence-electron chi connectivity index (χ4n) is 3.52. The summed E-state index contributed by atoms with van der Waals surface area (Å²) in [7, 11) is -3.84. The lowest BCUT2D eigenvalue weighted by Gasteiger charge is -2.34. The summed E-state index contributed by atoms with van der Waals surface area (Å²) in [6, 6.07) is 6.67. The van der Waals surface area contributed by atoms with Gasteiger partial charge in [-0.1, -0.05) is 6.42 Å². The molecule has 1 saturated heterocycles. The molecule has 11 heteroatoms. The van der Waals surface area contributed by atoms with Crippen LogP contribution in [0.15, 0.2) is 47.4 Å². The fraction of sp³-hybridized carbons (Fsp3) is 0.333. The minimum Gasteiger partial charge on any atom is -0.348 e. The van der Waals surface area contributed by atoms with Gasteiger partial charge in [0.2, 0.25) is 10.0 Å². The maximum absolute atomic E-state index is 13.6. The van der Waals surface area contributed by atoms with Gasteiger partial charge < -0.3 is 10.6 Å². The molecule has 32 heavy (non-hydrogen) atoms. The maximum atomic E-state index is 13.6. The molecule has 0 saturated carbocycles. The zero-order valence-corrected chi connectivity index (χ0v) is 17.8. The Bertz CT molecular complexity index is 1090. The highest BCUT2D eigenvalue weighted by atomic mass is 32.2. The largest absolute Gasteiger partial charge is 0.348 e. The lowest BCUT2D eigenvalue weighted by atomic mass is 10.0. The number of hydrogen-bond donors (Lipinski definition) is 2. The van der Waals surface area contributed by atoms with Crippen LogP contribution in [0, 0.1) is 17.5 Å². The van der Waals surface area contributed by atoms with Crippen LogP contribution in [0.1, 0.15) is 25.7 Å². The molecular weight excluding hydrogens is 447 g/mol. The fourth-order valence-corrected chi connectivity index (χ4v) is 5.25. The number of carbonyl (C=O) groups is 2. The molecule has 172 valence electrons. The number of anilines is 1. The quantitative estimate of drug-likeness (QED) is 0.636. The highest BCUT2D eigenvalue weighted by Crippen LogP contribution is 2.27. The van der Waals surface area contributed by atoms with Crippen molar-refractivity contribution in [3.05, 3.63) is 59.9 Å². The lowest BCUT2D eigenvalue weighted by molar-refractivity contribution is -0.136. The molecule has 2 N–H and O–H groups in total. The molecule has 1 aliphatic heterocycles. The Kier molecular flexibility index (Phi) is 7.52. The van der Waals surface area contributed by atoms with E-state index < -0.39 is 45.3 Å². The Labute approximate surface area is 183 Å². The number of sulfonamides is 1. The number of piperidine rings is 1. The zero-order valence-electron chi connectivity index (χ0n) is 17.0. The number of carbonyl (C=O) groups excluding carboxylic acids is 2. The molecule has 0 bridgehead atoms. The minimum absolute atomic E-state index is 0.0122. The molecule has 0 aliphatic carbocycles. The molecule has 1 heterocycles. The van der Waals surface area contributed by atoms with Gasteiger partial charge in [0.1, 0.15) is 17.5 Å². The average molecular weight is 469 g/mol. The number of nitrogens with one attached hydrogen (secondary N) is 2. The van der Waals surface area contributed by atoms with Gasteiger partial charge in [-0.25, -0.2) is 21.6 Å². The topological polar surface area (TPSA) is 95.6 Å². The second kappa shape index (κ2) is 10.1. The third-order valence-electron chi connectivity index (χ3n) is 5.14. The average Bonchev–Trinajstić information content (AvgIpc) is 2.76. The van der Waals surface area contributed by atoms with E-state index in [9.17, 15) is 31.2 Å². The van der Waals surface area contributed by atoms with E-state index in [4.69, 9.17) is 0 Å². The summed E-state index contributed by atoms with van der Waals surface area (Å²) >= 11 is 0. The smallest absolute Gasteiger partial charge is 0.313 e. The molecule has 1 fully saturated rings. The standard InChI is InChI=1S/C21H22F3N3O4S/c22-14-4-7-17(8-5-14)32(30,31)27-12-2-1-3-16(27)10-11-25-20(28)21(29)26-19-9-6-15(23)13-18(19)24/h4-9,13,16H,1-3,10-12H2,(H,25,28)(H,26,29)/t16-/m0/s1. The van der Waals surface area contributed by atoms with Crippen LogP contribution in [0.2, 0.25) is 0 Å². The monoisotopic (exact) mass is 469 g/mol. The highest BCUT2D eigenvalue weighted by molar-refractivity contribution is 7.89. The molecule has 2 aromatic carbocycles. The Morgan fingerprint density at radius 1 is 0.969 bits per heavy atom. The molecule has 1 atom stereocenters. The highest BCUT2D eigenvalue weighted by Gasteiger charge is 2.33. The molecule has 0 aromatic heterocycles. The number of halogens is 3. The van der Waals surface area contributed by atoms with Crippen LogP contribution in [0.25, 0.3) is 0 Å². The van der Waals surface area contributed by atoms with E-state index in [1.165, 1.54) is 16.4 Å². The van der Waals surface area contributed by atoms with Crippen molar-refractivity contribution in [1.82, 2.24) is 9.62 Å². The van der Waals surface area contributed by atoms with Crippen LogP contribution >= 0.6 is 0 Å². The van der Waals surface area contributed by atoms with Crippen LogP contribution in [-0.4, -0.2) is 43.7 Å². The molecule has 0 spiro atoms. The normalized spacial score (nSPS) is 17.0. The Hall–Kier alpha value is -2.92. The molecule has 7 nitrogen and oxygen atoms in total. The molecule has 0 unspecified atom stereocenters. The van der Waals surface area contributed by atoms with Gasteiger partial charge in [-0.2, -0.15) is 4.31 Å². The second-order valence-corrected chi connectivity index (χ2v) is 9.23. The van der Waals surface area contributed by atoms with E-state index in [0.29, 0.717) is 25.5 Å². The summed E-state index contributed by atoms with van der Waals surface area (Å²) in [5, 5.41) is 4.44. The molecule has 1 aliphatic rings. The summed E-state index contributed by atoms with van der Waals surface area (Å²) in [4.78, 5) is 23.9. The number of amides is 2.